The first kappa shape index (κ1) is 14.3. The minimum absolute atomic E-state index is 0.131. The van der Waals surface area contributed by atoms with Crippen LogP contribution in [0.4, 0.5) is 0 Å². The number of benzene rings is 2. The quantitative estimate of drug-likeness (QED) is 0.669. The van der Waals surface area contributed by atoms with Crippen LogP contribution in [0, 0.1) is 0 Å². The topological polar surface area (TPSA) is 61.7 Å². The zero-order valence-corrected chi connectivity index (χ0v) is 12.4. The van der Waals surface area contributed by atoms with Crippen molar-refractivity contribution in [3.05, 3.63) is 64.1 Å². The maximum absolute atomic E-state index is 11.9. The van der Waals surface area contributed by atoms with E-state index in [1.54, 1.807) is 55.5 Å². The van der Waals surface area contributed by atoms with Crippen molar-refractivity contribution in [3.8, 4) is 5.75 Å². The third kappa shape index (κ3) is 3.45. The molecule has 20 heavy (non-hydrogen) atoms. The number of phenols is 1. The van der Waals surface area contributed by atoms with Crippen LogP contribution in [0.5, 0.6) is 5.75 Å². The van der Waals surface area contributed by atoms with Crippen LogP contribution in [0.1, 0.15) is 22.8 Å². The van der Waals surface area contributed by atoms with Crippen molar-refractivity contribution < 1.29 is 9.90 Å². The lowest BCUT2D eigenvalue weighted by atomic mass is 10.1. The maximum Gasteiger partial charge on any atom is 0.271 e. The Balaban J connectivity index is 2.11. The number of rotatable bonds is 3. The van der Waals surface area contributed by atoms with Gasteiger partial charge in [0.1, 0.15) is 5.75 Å². The molecule has 0 aliphatic heterocycles. The molecule has 2 aromatic carbocycles. The summed E-state index contributed by atoms with van der Waals surface area (Å²) in [4.78, 5) is 11.9. The molecule has 0 fully saturated rings. The van der Waals surface area contributed by atoms with Crippen molar-refractivity contribution >= 4 is 27.5 Å². The van der Waals surface area contributed by atoms with Gasteiger partial charge in [-0.2, -0.15) is 5.10 Å². The van der Waals surface area contributed by atoms with Crippen molar-refractivity contribution in [2.75, 3.05) is 0 Å². The zero-order chi connectivity index (χ0) is 14.5. The number of amides is 1. The number of hydrogen-bond donors (Lipinski definition) is 2. The predicted octanol–water partition coefficient (Wildman–Crippen LogP) is 3.31. The number of nitrogens with one attached hydrogen (secondary N) is 1. The third-order valence-electron chi connectivity index (χ3n) is 2.73. The van der Waals surface area contributed by atoms with E-state index in [0.29, 0.717) is 16.8 Å². The molecule has 0 unspecified atom stereocenters. The van der Waals surface area contributed by atoms with Crippen LogP contribution in [-0.4, -0.2) is 16.7 Å². The molecular formula is C15H13BrN2O2. The summed E-state index contributed by atoms with van der Waals surface area (Å²) in [7, 11) is 0. The summed E-state index contributed by atoms with van der Waals surface area (Å²) < 4.78 is 0.905. The van der Waals surface area contributed by atoms with Gasteiger partial charge in [-0.15, -0.1) is 0 Å². The van der Waals surface area contributed by atoms with Gasteiger partial charge in [-0.25, -0.2) is 5.43 Å². The van der Waals surface area contributed by atoms with E-state index in [4.69, 9.17) is 0 Å². The molecule has 0 atom stereocenters. The van der Waals surface area contributed by atoms with Crippen LogP contribution in [0.2, 0.25) is 0 Å². The molecule has 2 aromatic rings. The first-order chi connectivity index (χ1) is 9.58. The average Bonchev–Trinajstić information content (AvgIpc) is 2.45. The number of hydrogen-bond acceptors (Lipinski definition) is 3. The zero-order valence-electron chi connectivity index (χ0n) is 10.8. The van der Waals surface area contributed by atoms with E-state index in [-0.39, 0.29) is 11.7 Å². The number of carbonyl (C=O) groups excluding carboxylic acids is 1. The Morgan fingerprint density at radius 3 is 2.45 bits per heavy atom. The molecule has 1 amide bonds. The van der Waals surface area contributed by atoms with Crippen LogP contribution >= 0.6 is 15.9 Å². The number of nitrogens with zero attached hydrogens (tertiary/aromatic N) is 1. The van der Waals surface area contributed by atoms with Crippen LogP contribution in [0.3, 0.4) is 0 Å². The van der Waals surface area contributed by atoms with E-state index in [9.17, 15) is 9.90 Å². The molecule has 0 radical (unpaired) electrons. The molecule has 0 saturated carbocycles. The van der Waals surface area contributed by atoms with Crippen molar-refractivity contribution in [1.29, 1.82) is 0 Å². The standard InChI is InChI=1S/C15H13BrN2O2/c1-10(13-4-2-3-5-14(13)19)17-18-15(20)11-6-8-12(16)9-7-11/h2-9,19H,1H3,(H,18,20)/b17-10-. The largest absolute Gasteiger partial charge is 0.507 e. The monoisotopic (exact) mass is 332 g/mol. The van der Waals surface area contributed by atoms with Gasteiger partial charge >= 0.3 is 0 Å². The van der Waals surface area contributed by atoms with Gasteiger partial charge in [0.2, 0.25) is 0 Å². The van der Waals surface area contributed by atoms with Gasteiger partial charge in [0, 0.05) is 15.6 Å². The number of halogens is 1. The summed E-state index contributed by atoms with van der Waals surface area (Å²) in [5.41, 5.74) is 4.10. The smallest absolute Gasteiger partial charge is 0.271 e. The van der Waals surface area contributed by atoms with Gasteiger partial charge in [-0.1, -0.05) is 28.1 Å². The van der Waals surface area contributed by atoms with E-state index >= 15 is 0 Å². The lowest BCUT2D eigenvalue weighted by Crippen LogP contribution is -2.19. The van der Waals surface area contributed by atoms with Gasteiger partial charge in [0.25, 0.3) is 5.91 Å². The Labute approximate surface area is 125 Å². The van der Waals surface area contributed by atoms with E-state index in [0.717, 1.165) is 4.47 Å². The van der Waals surface area contributed by atoms with Gasteiger partial charge in [0.05, 0.1) is 5.71 Å². The highest BCUT2D eigenvalue weighted by atomic mass is 79.9. The van der Waals surface area contributed by atoms with Gasteiger partial charge in [-0.05, 0) is 43.3 Å². The first-order valence-corrected chi connectivity index (χ1v) is 6.76. The minimum atomic E-state index is -0.299. The number of hydrazone groups is 1. The lowest BCUT2D eigenvalue weighted by Gasteiger charge is -2.05. The molecule has 0 saturated heterocycles. The fourth-order valence-electron chi connectivity index (χ4n) is 1.64. The van der Waals surface area contributed by atoms with Crippen molar-refractivity contribution in [2.45, 2.75) is 6.92 Å². The Hall–Kier alpha value is -2.14. The lowest BCUT2D eigenvalue weighted by molar-refractivity contribution is 0.0955. The fraction of sp³-hybridized carbons (Fsp3) is 0.0667. The normalized spacial score (nSPS) is 11.2. The predicted molar refractivity (Wildman–Crippen MR) is 81.9 cm³/mol. The second-order valence-corrected chi connectivity index (χ2v) is 5.08. The van der Waals surface area contributed by atoms with Crippen LogP contribution in [0.15, 0.2) is 58.1 Å². The number of carbonyl (C=O) groups is 1. The van der Waals surface area contributed by atoms with Crippen molar-refractivity contribution in [3.63, 3.8) is 0 Å². The Bertz CT molecular complexity index is 651. The van der Waals surface area contributed by atoms with Crippen LogP contribution in [-0.2, 0) is 0 Å². The molecule has 0 aliphatic rings. The summed E-state index contributed by atoms with van der Waals surface area (Å²) >= 11 is 3.31. The fourth-order valence-corrected chi connectivity index (χ4v) is 1.90. The Morgan fingerprint density at radius 1 is 1.15 bits per heavy atom. The van der Waals surface area contributed by atoms with Gasteiger partial charge in [0.15, 0.2) is 0 Å². The highest BCUT2D eigenvalue weighted by Crippen LogP contribution is 2.16. The second-order valence-electron chi connectivity index (χ2n) is 4.16. The second kappa shape index (κ2) is 6.34. The highest BCUT2D eigenvalue weighted by Gasteiger charge is 2.06. The van der Waals surface area contributed by atoms with Crippen LogP contribution < -0.4 is 5.43 Å². The molecule has 4 nitrogen and oxygen atoms in total. The SMILES string of the molecule is C/C(=N/NC(=O)c1ccc(Br)cc1)c1ccccc1O. The van der Waals surface area contributed by atoms with Gasteiger partial charge < -0.3 is 5.11 Å². The van der Waals surface area contributed by atoms with E-state index in [2.05, 4.69) is 26.5 Å². The summed E-state index contributed by atoms with van der Waals surface area (Å²) in [6.07, 6.45) is 0. The molecule has 2 N–H and O–H groups in total. The molecule has 0 aliphatic carbocycles. The van der Waals surface area contributed by atoms with Gasteiger partial charge in [-0.3, -0.25) is 4.79 Å². The Kier molecular flexibility index (Phi) is 4.53. The van der Waals surface area contributed by atoms with Crippen molar-refractivity contribution in [1.82, 2.24) is 5.43 Å². The van der Waals surface area contributed by atoms with Crippen LogP contribution in [0.25, 0.3) is 0 Å². The highest BCUT2D eigenvalue weighted by molar-refractivity contribution is 9.10. The Morgan fingerprint density at radius 2 is 1.80 bits per heavy atom. The van der Waals surface area contributed by atoms with Crippen molar-refractivity contribution in [2.24, 2.45) is 5.10 Å². The third-order valence-corrected chi connectivity index (χ3v) is 3.25. The number of aromatic hydroxyl groups is 1. The summed E-state index contributed by atoms with van der Waals surface area (Å²) in [5, 5.41) is 13.7. The summed E-state index contributed by atoms with van der Waals surface area (Å²) in [6.45, 7) is 1.72. The molecular weight excluding hydrogens is 320 g/mol. The molecule has 0 spiro atoms. The average molecular weight is 333 g/mol. The summed E-state index contributed by atoms with van der Waals surface area (Å²) in [5.74, 6) is -0.168. The van der Waals surface area contributed by atoms with E-state index < -0.39 is 0 Å². The van der Waals surface area contributed by atoms with E-state index in [1.165, 1.54) is 0 Å². The first-order valence-electron chi connectivity index (χ1n) is 5.96. The molecule has 0 heterocycles. The molecule has 102 valence electrons. The summed E-state index contributed by atoms with van der Waals surface area (Å²) in [6, 6.07) is 13.8. The number of para-hydroxylation sites is 1. The number of phenolic OH excluding ortho intramolecular Hbond substituents is 1. The molecule has 0 aromatic heterocycles. The molecule has 2 rings (SSSR count). The maximum atomic E-state index is 11.9. The molecule has 5 heteroatoms. The van der Waals surface area contributed by atoms with E-state index in [1.807, 2.05) is 0 Å². The molecule has 0 bridgehead atoms. The minimum Gasteiger partial charge on any atom is -0.507 e.